The number of benzene rings is 1. The number of aliphatic imine (C=N–C) groups is 1. The zero-order chi connectivity index (χ0) is 26.5. The number of ether oxygens (including phenoxy) is 2. The summed E-state index contributed by atoms with van der Waals surface area (Å²) >= 11 is 1.84. The number of thioether (sulfide) groups is 1. The highest BCUT2D eigenvalue weighted by molar-refractivity contribution is 8.03. The fourth-order valence-corrected chi connectivity index (χ4v) is 4.07. The zero-order valence-electron chi connectivity index (χ0n) is 23.4. The van der Waals surface area contributed by atoms with Crippen LogP contribution < -0.4 is 14.8 Å². The predicted molar refractivity (Wildman–Crippen MR) is 153 cm³/mol. The number of allylic oxidation sites excluding steroid dienone is 2. The van der Waals surface area contributed by atoms with E-state index in [1.165, 1.54) is 50.2 Å². The van der Waals surface area contributed by atoms with Crippen LogP contribution in [0.1, 0.15) is 86.6 Å². The summed E-state index contributed by atoms with van der Waals surface area (Å²) in [4.78, 5) is 17.8. The van der Waals surface area contributed by atoms with Gasteiger partial charge in [0.05, 0.1) is 5.71 Å². The number of rotatable bonds is 10. The van der Waals surface area contributed by atoms with Crippen molar-refractivity contribution in [3.8, 4) is 11.5 Å². The van der Waals surface area contributed by atoms with E-state index in [1.807, 2.05) is 50.7 Å². The Morgan fingerprint density at radius 1 is 1.03 bits per heavy atom. The van der Waals surface area contributed by atoms with Gasteiger partial charge in [0.1, 0.15) is 0 Å². The van der Waals surface area contributed by atoms with Gasteiger partial charge in [0.15, 0.2) is 11.5 Å². The topological polar surface area (TPSA) is 63.2 Å². The maximum Gasteiger partial charge on any atom is 0.231 e. The van der Waals surface area contributed by atoms with Crippen LogP contribution in [0.2, 0.25) is 0 Å². The molecule has 0 radical (unpaired) electrons. The molecule has 0 aromatic heterocycles. The molecule has 1 N–H and O–H groups in total. The van der Waals surface area contributed by atoms with E-state index in [2.05, 4.69) is 49.8 Å². The van der Waals surface area contributed by atoms with Crippen molar-refractivity contribution in [3.63, 3.8) is 0 Å². The maximum atomic E-state index is 9.29. The quantitative estimate of drug-likeness (QED) is 0.276. The van der Waals surface area contributed by atoms with E-state index in [-0.39, 0.29) is 0 Å². The lowest BCUT2D eigenvalue weighted by atomic mass is 10.1. The lowest BCUT2D eigenvalue weighted by Crippen LogP contribution is -2.25. The van der Waals surface area contributed by atoms with Crippen LogP contribution in [0.3, 0.4) is 0 Å². The number of nitrogens with zero attached hydrogens (tertiary/aromatic N) is 2. The van der Waals surface area contributed by atoms with Crippen LogP contribution in [0.4, 0.5) is 0 Å². The number of carbonyl (C=O) groups is 1. The monoisotopic (exact) mass is 507 g/mol. The van der Waals surface area contributed by atoms with Crippen LogP contribution in [0.25, 0.3) is 0 Å². The summed E-state index contributed by atoms with van der Waals surface area (Å²) in [6.07, 6.45) is 6.08. The molecule has 2 heterocycles. The molecule has 0 unspecified atom stereocenters. The van der Waals surface area contributed by atoms with Crippen molar-refractivity contribution in [1.82, 2.24) is 10.2 Å². The normalized spacial score (nSPS) is 13.5. The van der Waals surface area contributed by atoms with E-state index in [0.717, 1.165) is 40.8 Å². The molecule has 0 fully saturated rings. The Balaban J connectivity index is 0.000000556. The van der Waals surface area contributed by atoms with E-state index >= 15 is 0 Å². The average Bonchev–Trinajstić information content (AvgIpc) is 3.36. The molecule has 6 nitrogen and oxygen atoms in total. The van der Waals surface area contributed by atoms with Crippen molar-refractivity contribution in [2.45, 2.75) is 81.1 Å². The van der Waals surface area contributed by atoms with Crippen LogP contribution in [-0.4, -0.2) is 55.7 Å². The van der Waals surface area contributed by atoms with Gasteiger partial charge < -0.3 is 19.7 Å². The van der Waals surface area contributed by atoms with Crippen LogP contribution >= 0.6 is 11.8 Å². The summed E-state index contributed by atoms with van der Waals surface area (Å²) in [5, 5.41) is 2.43. The van der Waals surface area contributed by atoms with Crippen molar-refractivity contribution in [2.24, 2.45) is 4.99 Å². The first-order chi connectivity index (χ1) is 17.0. The van der Waals surface area contributed by atoms with Gasteiger partial charge in [-0.1, -0.05) is 47.5 Å². The second-order valence-electron chi connectivity index (χ2n) is 7.87. The third-order valence-electron chi connectivity index (χ3n) is 5.30. The first-order valence-electron chi connectivity index (χ1n) is 13.2. The van der Waals surface area contributed by atoms with Gasteiger partial charge in [-0.2, -0.15) is 0 Å². The van der Waals surface area contributed by atoms with E-state index in [4.69, 9.17) is 9.47 Å². The molecular formula is C28H49N3O3S. The van der Waals surface area contributed by atoms with E-state index in [9.17, 15) is 4.79 Å². The Hall–Kier alpha value is -1.99. The molecule has 3 rings (SSSR count). The fourth-order valence-electron chi connectivity index (χ4n) is 3.23. The molecule has 7 heteroatoms. The van der Waals surface area contributed by atoms with Gasteiger partial charge in [-0.15, -0.1) is 11.8 Å². The Kier molecular flexibility index (Phi) is 20.1. The highest BCUT2D eigenvalue weighted by Gasteiger charge is 2.17. The molecule has 0 saturated heterocycles. The van der Waals surface area contributed by atoms with Crippen molar-refractivity contribution in [1.29, 1.82) is 0 Å². The summed E-state index contributed by atoms with van der Waals surface area (Å²) in [7, 11) is 0. The number of nitrogens with one attached hydrogen (secondary N) is 1. The fraction of sp³-hybridized carbons (Fsp3) is 0.643. The standard InChI is InChI=1S/C13H13NO2S.C10H23N.C3H7NO.C2H6/c1-8-9(2)17-6-11(14-8)10-3-4-12-13(5-10)16-7-15-12;1-4-7-8-10-11(6-3)9-5-2;1-2-4-3-5;1-2/h3-5H,6-7H2,1-2H3;4-10H2,1-3H3;3H,2H2,1H3,(H,4,5);1-2H3. The highest BCUT2D eigenvalue weighted by atomic mass is 32.2. The molecule has 35 heavy (non-hydrogen) atoms. The van der Waals surface area contributed by atoms with Crippen LogP contribution in [-0.2, 0) is 4.79 Å². The summed E-state index contributed by atoms with van der Waals surface area (Å²) in [5.41, 5.74) is 3.33. The lowest BCUT2D eigenvalue weighted by molar-refractivity contribution is -0.109. The Bertz CT molecular complexity index is 766. The largest absolute Gasteiger partial charge is 0.454 e. The first-order valence-corrected chi connectivity index (χ1v) is 14.2. The van der Waals surface area contributed by atoms with Crippen molar-refractivity contribution >= 4 is 23.9 Å². The number of unbranched alkanes of at least 4 members (excludes halogenated alkanes) is 2. The molecule has 0 saturated carbocycles. The molecule has 2 aliphatic rings. The summed E-state index contributed by atoms with van der Waals surface area (Å²) in [6, 6.07) is 6.00. The molecule has 1 aromatic carbocycles. The van der Waals surface area contributed by atoms with Gasteiger partial charge >= 0.3 is 0 Å². The molecule has 1 amide bonds. The maximum absolute atomic E-state index is 9.29. The third-order valence-corrected chi connectivity index (χ3v) is 6.44. The van der Waals surface area contributed by atoms with Crippen LogP contribution in [0, 0.1) is 0 Å². The Morgan fingerprint density at radius 3 is 2.29 bits per heavy atom. The van der Waals surface area contributed by atoms with Crippen molar-refractivity contribution in [3.05, 3.63) is 34.4 Å². The second kappa shape index (κ2) is 21.3. The van der Waals surface area contributed by atoms with Crippen molar-refractivity contribution in [2.75, 3.05) is 38.7 Å². The number of amides is 1. The van der Waals surface area contributed by atoms with E-state index in [0.29, 0.717) is 13.2 Å². The Morgan fingerprint density at radius 2 is 1.74 bits per heavy atom. The number of hydrogen-bond donors (Lipinski definition) is 1. The lowest BCUT2D eigenvalue weighted by Gasteiger charge is -2.18. The van der Waals surface area contributed by atoms with Crippen molar-refractivity contribution < 1.29 is 14.3 Å². The smallest absolute Gasteiger partial charge is 0.231 e. The SMILES string of the molecule is CC.CC1=C(C)SCC(c2ccc3c(c2)OCO3)=N1.CCCCCN(CC)CCC.CCNC=O. The van der Waals surface area contributed by atoms with Gasteiger partial charge in [-0.3, -0.25) is 9.79 Å². The Labute approximate surface area is 218 Å². The van der Waals surface area contributed by atoms with Gasteiger partial charge in [0.2, 0.25) is 13.2 Å². The van der Waals surface area contributed by atoms with Gasteiger partial charge in [-0.25, -0.2) is 0 Å². The third kappa shape index (κ3) is 13.6. The van der Waals surface area contributed by atoms with Gasteiger partial charge in [0, 0.05) is 28.5 Å². The van der Waals surface area contributed by atoms with Gasteiger partial charge in [0.25, 0.3) is 0 Å². The molecule has 200 valence electrons. The second-order valence-corrected chi connectivity index (χ2v) is 9.06. The minimum atomic E-state index is 0.318. The molecule has 0 spiro atoms. The minimum absolute atomic E-state index is 0.318. The van der Waals surface area contributed by atoms with Gasteiger partial charge in [-0.05, 0) is 71.4 Å². The zero-order valence-corrected chi connectivity index (χ0v) is 24.2. The number of fused-ring (bicyclic) bond motifs is 1. The number of hydrogen-bond acceptors (Lipinski definition) is 6. The molecular weight excluding hydrogens is 458 g/mol. The molecule has 2 aliphatic heterocycles. The minimum Gasteiger partial charge on any atom is -0.454 e. The number of carbonyl (C=O) groups excluding carboxylic acids is 1. The van der Waals surface area contributed by atoms with E-state index < -0.39 is 0 Å². The van der Waals surface area contributed by atoms with Crippen LogP contribution in [0.5, 0.6) is 11.5 Å². The summed E-state index contributed by atoms with van der Waals surface area (Å²) in [5.74, 6) is 2.56. The first kappa shape index (κ1) is 33.0. The summed E-state index contributed by atoms with van der Waals surface area (Å²) < 4.78 is 10.7. The average molecular weight is 508 g/mol. The molecule has 1 aromatic rings. The molecule has 0 bridgehead atoms. The highest BCUT2D eigenvalue weighted by Crippen LogP contribution is 2.34. The molecule has 0 atom stereocenters. The summed E-state index contributed by atoms with van der Waals surface area (Å²) in [6.45, 7) is 21.6. The predicted octanol–water partition coefficient (Wildman–Crippen LogP) is 6.89. The molecule has 0 aliphatic carbocycles. The van der Waals surface area contributed by atoms with E-state index in [1.54, 1.807) is 0 Å². The van der Waals surface area contributed by atoms with Crippen LogP contribution in [0.15, 0.2) is 33.8 Å².